The van der Waals surface area contributed by atoms with Crippen LogP contribution in [-0.2, 0) is 4.79 Å². The Kier molecular flexibility index (Phi) is 5.42. The van der Waals surface area contributed by atoms with Crippen LogP contribution < -0.4 is 5.32 Å². The highest BCUT2D eigenvalue weighted by Crippen LogP contribution is 1.77. The van der Waals surface area contributed by atoms with Gasteiger partial charge in [-0.25, -0.2) is 0 Å². The Hall–Kier alpha value is -0.870. The van der Waals surface area contributed by atoms with Gasteiger partial charge in [0, 0.05) is 19.6 Å². The number of carbonyl (C=O) groups is 1. The monoisotopic (exact) mass is 158 g/mol. The molecule has 11 heavy (non-hydrogen) atoms. The molecule has 0 saturated carbocycles. The summed E-state index contributed by atoms with van der Waals surface area (Å²) in [6, 6.07) is 0. The molecule has 0 aliphatic carbocycles. The molecular formula is C7H14N2O2. The quantitative estimate of drug-likeness (QED) is 0.437. The Labute approximate surface area is 66.5 Å². The maximum atomic E-state index is 10.6. The average molecular weight is 158 g/mol. The predicted molar refractivity (Wildman–Crippen MR) is 42.2 cm³/mol. The van der Waals surface area contributed by atoms with Crippen molar-refractivity contribution in [3.05, 3.63) is 12.7 Å². The van der Waals surface area contributed by atoms with Crippen molar-refractivity contribution in [1.29, 1.82) is 0 Å². The average Bonchev–Trinajstić information content (AvgIpc) is 2.04. The van der Waals surface area contributed by atoms with Gasteiger partial charge in [0.25, 0.3) is 0 Å². The zero-order valence-corrected chi connectivity index (χ0v) is 6.71. The van der Waals surface area contributed by atoms with Gasteiger partial charge in [-0.3, -0.25) is 4.79 Å². The number of carbonyl (C=O) groups excluding carboxylic acids is 1. The lowest BCUT2D eigenvalue weighted by molar-refractivity contribution is -0.117. The third kappa shape index (κ3) is 5.57. The lowest BCUT2D eigenvalue weighted by Crippen LogP contribution is -2.32. The minimum atomic E-state index is -0.213. The number of hydrogen-bond acceptors (Lipinski definition) is 3. The summed E-state index contributed by atoms with van der Waals surface area (Å²) in [4.78, 5) is 10.6. The van der Waals surface area contributed by atoms with Gasteiger partial charge in [-0.1, -0.05) is 13.5 Å². The van der Waals surface area contributed by atoms with E-state index in [4.69, 9.17) is 5.21 Å². The first kappa shape index (κ1) is 10.1. The molecule has 0 rings (SSSR count). The second-order valence-corrected chi connectivity index (χ2v) is 2.04. The van der Waals surface area contributed by atoms with E-state index >= 15 is 0 Å². The Morgan fingerprint density at radius 2 is 2.45 bits per heavy atom. The molecule has 0 radical (unpaired) electrons. The van der Waals surface area contributed by atoms with Crippen LogP contribution in [0.4, 0.5) is 0 Å². The zero-order chi connectivity index (χ0) is 8.69. The van der Waals surface area contributed by atoms with Gasteiger partial charge in [-0.2, -0.15) is 5.06 Å². The number of rotatable bonds is 5. The van der Waals surface area contributed by atoms with Crippen LogP contribution in [0.2, 0.25) is 0 Å². The fourth-order valence-electron chi connectivity index (χ4n) is 0.538. The number of hydroxylamine groups is 2. The van der Waals surface area contributed by atoms with E-state index in [2.05, 4.69) is 11.9 Å². The fraction of sp³-hybridized carbons (Fsp3) is 0.571. The number of hydrogen-bond donors (Lipinski definition) is 2. The van der Waals surface area contributed by atoms with Crippen molar-refractivity contribution in [2.24, 2.45) is 0 Å². The molecule has 0 saturated heterocycles. The first-order chi connectivity index (χ1) is 5.20. The van der Waals surface area contributed by atoms with Crippen LogP contribution in [0.15, 0.2) is 12.7 Å². The van der Waals surface area contributed by atoms with Crippen LogP contribution in [0, 0.1) is 0 Å². The molecule has 2 N–H and O–H groups in total. The van der Waals surface area contributed by atoms with E-state index in [1.54, 1.807) is 0 Å². The van der Waals surface area contributed by atoms with Crippen molar-refractivity contribution in [2.75, 3.05) is 19.6 Å². The summed E-state index contributed by atoms with van der Waals surface area (Å²) in [6.45, 7) is 6.56. The van der Waals surface area contributed by atoms with E-state index in [0.29, 0.717) is 19.6 Å². The molecule has 4 nitrogen and oxygen atoms in total. The molecule has 0 bridgehead atoms. The summed E-state index contributed by atoms with van der Waals surface area (Å²) >= 11 is 0. The van der Waals surface area contributed by atoms with Gasteiger partial charge in [-0.05, 0) is 6.08 Å². The topological polar surface area (TPSA) is 52.6 Å². The van der Waals surface area contributed by atoms with E-state index in [9.17, 15) is 4.79 Å². The smallest absolute Gasteiger partial charge is 0.243 e. The molecule has 0 aliphatic rings. The molecule has 4 heteroatoms. The second kappa shape index (κ2) is 5.88. The summed E-state index contributed by atoms with van der Waals surface area (Å²) in [5.41, 5.74) is 0. The van der Waals surface area contributed by atoms with Crippen molar-refractivity contribution in [2.45, 2.75) is 6.92 Å². The zero-order valence-electron chi connectivity index (χ0n) is 6.71. The first-order valence-electron chi connectivity index (χ1n) is 3.54. The molecule has 0 unspecified atom stereocenters. The van der Waals surface area contributed by atoms with E-state index in [1.807, 2.05) is 6.92 Å². The van der Waals surface area contributed by atoms with Gasteiger partial charge in [-0.15, -0.1) is 0 Å². The van der Waals surface area contributed by atoms with E-state index in [0.717, 1.165) is 5.06 Å². The van der Waals surface area contributed by atoms with Gasteiger partial charge in [0.15, 0.2) is 0 Å². The van der Waals surface area contributed by atoms with Crippen molar-refractivity contribution in [3.63, 3.8) is 0 Å². The molecule has 0 aromatic heterocycles. The summed E-state index contributed by atoms with van der Waals surface area (Å²) in [5, 5.41) is 12.6. The van der Waals surface area contributed by atoms with Crippen molar-refractivity contribution >= 4 is 5.91 Å². The van der Waals surface area contributed by atoms with Crippen LogP contribution in [-0.4, -0.2) is 35.8 Å². The first-order valence-corrected chi connectivity index (χ1v) is 3.54. The van der Waals surface area contributed by atoms with E-state index in [1.165, 1.54) is 6.08 Å². The molecule has 0 aliphatic heterocycles. The highest BCUT2D eigenvalue weighted by Gasteiger charge is 1.96. The second-order valence-electron chi connectivity index (χ2n) is 2.04. The Morgan fingerprint density at radius 3 is 2.91 bits per heavy atom. The lowest BCUT2D eigenvalue weighted by atomic mass is 10.5. The van der Waals surface area contributed by atoms with Gasteiger partial charge in [0.1, 0.15) is 0 Å². The highest BCUT2D eigenvalue weighted by atomic mass is 16.5. The standard InChI is InChI=1S/C7H14N2O2/c1-3-7(10)8-5-6-9(11)4-2/h3,11H,1,4-6H2,2H3,(H,8,10). The molecule has 0 aromatic rings. The minimum absolute atomic E-state index is 0.213. The van der Waals surface area contributed by atoms with Crippen LogP contribution in [0.25, 0.3) is 0 Å². The van der Waals surface area contributed by atoms with Gasteiger partial charge in [0.05, 0.1) is 0 Å². The molecular weight excluding hydrogens is 144 g/mol. The SMILES string of the molecule is C=CC(=O)NCCN(O)CC. The molecule has 0 aromatic carbocycles. The molecule has 64 valence electrons. The third-order valence-corrected chi connectivity index (χ3v) is 1.22. The molecule has 0 heterocycles. The summed E-state index contributed by atoms with van der Waals surface area (Å²) < 4.78 is 0. The predicted octanol–water partition coefficient (Wildman–Crippen LogP) is -0.000300. The maximum Gasteiger partial charge on any atom is 0.243 e. The number of amides is 1. The van der Waals surface area contributed by atoms with Crippen LogP contribution in [0.1, 0.15) is 6.92 Å². The Balaban J connectivity index is 3.26. The number of nitrogens with one attached hydrogen (secondary N) is 1. The maximum absolute atomic E-state index is 10.6. The molecule has 1 amide bonds. The van der Waals surface area contributed by atoms with Crippen molar-refractivity contribution < 1.29 is 10.0 Å². The lowest BCUT2D eigenvalue weighted by Gasteiger charge is -2.11. The largest absolute Gasteiger partial charge is 0.351 e. The van der Waals surface area contributed by atoms with Crippen molar-refractivity contribution in [1.82, 2.24) is 10.4 Å². The minimum Gasteiger partial charge on any atom is -0.351 e. The van der Waals surface area contributed by atoms with Gasteiger partial charge < -0.3 is 10.5 Å². The number of nitrogens with zero attached hydrogens (tertiary/aromatic N) is 1. The van der Waals surface area contributed by atoms with E-state index in [-0.39, 0.29) is 5.91 Å². The van der Waals surface area contributed by atoms with Gasteiger partial charge in [0.2, 0.25) is 5.91 Å². The molecule has 0 atom stereocenters. The summed E-state index contributed by atoms with van der Waals surface area (Å²) in [5.74, 6) is -0.213. The Bertz CT molecular complexity index is 136. The third-order valence-electron chi connectivity index (χ3n) is 1.22. The fourth-order valence-corrected chi connectivity index (χ4v) is 0.538. The molecule has 0 fully saturated rings. The van der Waals surface area contributed by atoms with Crippen molar-refractivity contribution in [3.8, 4) is 0 Å². The summed E-state index contributed by atoms with van der Waals surface area (Å²) in [6.07, 6.45) is 1.20. The van der Waals surface area contributed by atoms with Crippen LogP contribution >= 0.6 is 0 Å². The highest BCUT2D eigenvalue weighted by molar-refractivity contribution is 5.86. The Morgan fingerprint density at radius 1 is 1.82 bits per heavy atom. The van der Waals surface area contributed by atoms with E-state index < -0.39 is 0 Å². The van der Waals surface area contributed by atoms with Crippen LogP contribution in [0.5, 0.6) is 0 Å². The summed E-state index contributed by atoms with van der Waals surface area (Å²) in [7, 11) is 0. The van der Waals surface area contributed by atoms with Crippen LogP contribution in [0.3, 0.4) is 0 Å². The number of likely N-dealkylation sites (N-methyl/N-ethyl adjacent to an activating group) is 1. The normalized spacial score (nSPS) is 9.73. The molecule has 0 spiro atoms. The van der Waals surface area contributed by atoms with Gasteiger partial charge >= 0.3 is 0 Å².